The lowest BCUT2D eigenvalue weighted by atomic mass is 10.0. The van der Waals surface area contributed by atoms with Crippen LogP contribution < -0.4 is 10.2 Å². The van der Waals surface area contributed by atoms with Gasteiger partial charge in [-0.05, 0) is 29.8 Å². The molecule has 1 N–H and O–H groups in total. The first kappa shape index (κ1) is 16.5. The predicted octanol–water partition coefficient (Wildman–Crippen LogP) is 2.42. The fraction of sp³-hybridized carbons (Fsp3) is 0.263. The van der Waals surface area contributed by atoms with Crippen molar-refractivity contribution >= 4 is 23.2 Å². The van der Waals surface area contributed by atoms with Gasteiger partial charge in [0.25, 0.3) is 5.91 Å². The van der Waals surface area contributed by atoms with Gasteiger partial charge in [-0.2, -0.15) is 0 Å². The van der Waals surface area contributed by atoms with Gasteiger partial charge in [-0.15, -0.1) is 0 Å². The van der Waals surface area contributed by atoms with E-state index in [0.29, 0.717) is 43.1 Å². The van der Waals surface area contributed by atoms with Crippen molar-refractivity contribution in [2.75, 3.05) is 36.4 Å². The lowest BCUT2D eigenvalue weighted by Gasteiger charge is -2.36. The average molecular weight is 357 g/mol. The minimum absolute atomic E-state index is 0.114. The summed E-state index contributed by atoms with van der Waals surface area (Å²) in [6.07, 6.45) is 0.206. The first-order chi connectivity index (χ1) is 12.5. The zero-order valence-electron chi connectivity index (χ0n) is 14.0. The number of nitrogens with zero attached hydrogens (tertiary/aromatic N) is 2. The van der Waals surface area contributed by atoms with Crippen LogP contribution in [0.1, 0.15) is 15.9 Å². The number of fused-ring (bicyclic) bond motifs is 1. The smallest absolute Gasteiger partial charge is 0.254 e. The third kappa shape index (κ3) is 2.89. The highest BCUT2D eigenvalue weighted by atomic mass is 19.1. The van der Waals surface area contributed by atoms with E-state index in [0.717, 1.165) is 11.6 Å². The molecule has 134 valence electrons. The number of hydrogen-bond donors (Lipinski definition) is 1. The average Bonchev–Trinajstić information content (AvgIpc) is 3.01. The van der Waals surface area contributed by atoms with Crippen LogP contribution in [0.25, 0.3) is 0 Å². The van der Waals surface area contributed by atoms with Gasteiger partial charge >= 0.3 is 0 Å². The number of anilines is 2. The molecule has 0 unspecified atom stereocenters. The van der Waals surface area contributed by atoms with Crippen LogP contribution >= 0.6 is 0 Å². The Kier molecular flexibility index (Phi) is 4.06. The summed E-state index contributed by atoms with van der Waals surface area (Å²) < 4.78 is 27.0. The molecule has 2 aliphatic heterocycles. The predicted molar refractivity (Wildman–Crippen MR) is 93.3 cm³/mol. The lowest BCUT2D eigenvalue weighted by Crippen LogP contribution is -2.49. The van der Waals surface area contributed by atoms with Gasteiger partial charge in [0.2, 0.25) is 5.91 Å². The molecule has 0 spiro atoms. The molecule has 7 heteroatoms. The van der Waals surface area contributed by atoms with E-state index in [-0.39, 0.29) is 18.2 Å². The van der Waals surface area contributed by atoms with Gasteiger partial charge < -0.3 is 15.1 Å². The van der Waals surface area contributed by atoms with Gasteiger partial charge in [0.15, 0.2) is 0 Å². The van der Waals surface area contributed by atoms with Crippen LogP contribution in [0.4, 0.5) is 20.2 Å². The number of nitrogens with one attached hydrogen (secondary N) is 1. The largest absolute Gasteiger partial charge is 0.366 e. The van der Waals surface area contributed by atoms with E-state index >= 15 is 0 Å². The number of amides is 2. The second kappa shape index (κ2) is 6.40. The highest BCUT2D eigenvalue weighted by molar-refractivity contribution is 6.05. The Morgan fingerprint density at radius 3 is 2.54 bits per heavy atom. The lowest BCUT2D eigenvalue weighted by molar-refractivity contribution is -0.115. The van der Waals surface area contributed by atoms with E-state index < -0.39 is 11.6 Å². The fourth-order valence-electron chi connectivity index (χ4n) is 3.51. The molecular weight excluding hydrogens is 340 g/mol. The minimum atomic E-state index is -0.610. The topological polar surface area (TPSA) is 52.7 Å². The van der Waals surface area contributed by atoms with Gasteiger partial charge in [-0.3, -0.25) is 9.59 Å². The molecule has 2 aromatic carbocycles. The van der Waals surface area contributed by atoms with Gasteiger partial charge in [0, 0.05) is 43.5 Å². The van der Waals surface area contributed by atoms with Crippen LogP contribution in [-0.4, -0.2) is 42.9 Å². The zero-order valence-corrected chi connectivity index (χ0v) is 14.0. The summed E-state index contributed by atoms with van der Waals surface area (Å²) in [5.41, 5.74) is 2.29. The zero-order chi connectivity index (χ0) is 18.3. The minimum Gasteiger partial charge on any atom is -0.366 e. The molecule has 0 bridgehead atoms. The molecule has 26 heavy (non-hydrogen) atoms. The van der Waals surface area contributed by atoms with E-state index in [4.69, 9.17) is 0 Å². The molecular formula is C19H17F2N3O2. The molecule has 0 atom stereocenters. The number of rotatable bonds is 2. The third-order valence-corrected chi connectivity index (χ3v) is 4.84. The Labute approximate surface area is 149 Å². The molecule has 1 fully saturated rings. The van der Waals surface area contributed by atoms with Crippen molar-refractivity contribution in [1.29, 1.82) is 0 Å². The first-order valence-electron chi connectivity index (χ1n) is 8.44. The van der Waals surface area contributed by atoms with Gasteiger partial charge in [0.1, 0.15) is 11.6 Å². The molecule has 1 saturated heterocycles. The van der Waals surface area contributed by atoms with Crippen molar-refractivity contribution in [2.24, 2.45) is 0 Å². The summed E-state index contributed by atoms with van der Waals surface area (Å²) in [5.74, 6) is -1.45. The van der Waals surface area contributed by atoms with Crippen molar-refractivity contribution in [3.63, 3.8) is 0 Å². The maximum absolute atomic E-state index is 13.9. The van der Waals surface area contributed by atoms with E-state index in [1.165, 1.54) is 12.1 Å². The van der Waals surface area contributed by atoms with Crippen LogP contribution in [0.2, 0.25) is 0 Å². The molecule has 2 heterocycles. The summed E-state index contributed by atoms with van der Waals surface area (Å²) >= 11 is 0. The van der Waals surface area contributed by atoms with E-state index in [1.807, 2.05) is 0 Å². The maximum atomic E-state index is 13.9. The second-order valence-corrected chi connectivity index (χ2v) is 6.43. The molecule has 2 aromatic rings. The fourth-order valence-corrected chi connectivity index (χ4v) is 3.51. The van der Waals surface area contributed by atoms with Crippen molar-refractivity contribution in [3.05, 3.63) is 59.2 Å². The van der Waals surface area contributed by atoms with Gasteiger partial charge in [-0.25, -0.2) is 8.78 Å². The molecule has 0 aromatic heterocycles. The van der Waals surface area contributed by atoms with E-state index in [1.54, 1.807) is 28.0 Å². The van der Waals surface area contributed by atoms with E-state index in [9.17, 15) is 18.4 Å². The van der Waals surface area contributed by atoms with Gasteiger partial charge in [0.05, 0.1) is 12.1 Å². The number of carbonyl (C=O) groups excluding carboxylic acids is 2. The molecule has 0 saturated carbocycles. The highest BCUT2D eigenvalue weighted by Gasteiger charge is 2.28. The number of benzene rings is 2. The molecule has 5 nitrogen and oxygen atoms in total. The maximum Gasteiger partial charge on any atom is 0.254 e. The Bertz CT molecular complexity index is 892. The van der Waals surface area contributed by atoms with Crippen LogP contribution in [0.15, 0.2) is 36.4 Å². The Hall–Kier alpha value is -2.96. The number of piperazine rings is 1. The molecule has 0 radical (unpaired) electrons. The van der Waals surface area contributed by atoms with Crippen LogP contribution in [0, 0.1) is 11.6 Å². The Morgan fingerprint density at radius 2 is 1.81 bits per heavy atom. The van der Waals surface area contributed by atoms with Crippen molar-refractivity contribution < 1.29 is 18.4 Å². The molecule has 2 amide bonds. The molecule has 4 rings (SSSR count). The molecule has 2 aliphatic rings. The summed E-state index contributed by atoms with van der Waals surface area (Å²) in [5, 5.41) is 2.74. The monoisotopic (exact) mass is 357 g/mol. The third-order valence-electron chi connectivity index (χ3n) is 4.84. The Balaban J connectivity index is 1.48. The SMILES string of the molecule is O=C1Cc2c(cccc2C(=O)N2CCN(c3ccc(F)cc3F)CC2)N1. The first-order valence-corrected chi connectivity index (χ1v) is 8.44. The van der Waals surface area contributed by atoms with Crippen molar-refractivity contribution in [2.45, 2.75) is 6.42 Å². The van der Waals surface area contributed by atoms with Crippen molar-refractivity contribution in [3.8, 4) is 0 Å². The summed E-state index contributed by atoms with van der Waals surface area (Å²) in [6, 6.07) is 8.78. The van der Waals surface area contributed by atoms with E-state index in [2.05, 4.69) is 5.32 Å². The van der Waals surface area contributed by atoms with Crippen LogP contribution in [0.3, 0.4) is 0 Å². The number of carbonyl (C=O) groups is 2. The van der Waals surface area contributed by atoms with Gasteiger partial charge in [-0.1, -0.05) is 6.07 Å². The molecule has 0 aliphatic carbocycles. The van der Waals surface area contributed by atoms with Crippen LogP contribution in [0.5, 0.6) is 0 Å². The second-order valence-electron chi connectivity index (χ2n) is 6.43. The highest BCUT2D eigenvalue weighted by Crippen LogP contribution is 2.28. The summed E-state index contributed by atoms with van der Waals surface area (Å²) in [4.78, 5) is 28.0. The van der Waals surface area contributed by atoms with Crippen molar-refractivity contribution in [1.82, 2.24) is 4.90 Å². The normalized spacial score (nSPS) is 16.5. The number of hydrogen-bond acceptors (Lipinski definition) is 3. The standard InChI is InChI=1S/C19H17F2N3O2/c20-12-4-5-17(15(21)10-12)23-6-8-24(9-7-23)19(26)13-2-1-3-16-14(13)11-18(25)22-16/h1-5,10H,6-9,11H2,(H,22,25). The number of halogens is 2. The quantitative estimate of drug-likeness (QED) is 0.898. The summed E-state index contributed by atoms with van der Waals surface area (Å²) in [6.45, 7) is 1.78. The Morgan fingerprint density at radius 1 is 1.04 bits per heavy atom. The summed E-state index contributed by atoms with van der Waals surface area (Å²) in [7, 11) is 0. The van der Waals surface area contributed by atoms with Crippen LogP contribution in [-0.2, 0) is 11.2 Å².